The van der Waals surface area contributed by atoms with Crippen molar-refractivity contribution in [2.75, 3.05) is 21.0 Å². The van der Waals surface area contributed by atoms with E-state index in [-0.39, 0.29) is 6.73 Å². The van der Waals surface area contributed by atoms with E-state index >= 15 is 0 Å². The summed E-state index contributed by atoms with van der Waals surface area (Å²) in [5, 5.41) is 0. The molecule has 10 heavy (non-hydrogen) atoms. The number of hydrogen-bond acceptors (Lipinski definition) is 4. The fourth-order valence-corrected chi connectivity index (χ4v) is 0.383. The third-order valence-corrected chi connectivity index (χ3v) is 0.805. The Hall–Kier alpha value is -1.10. The molecule has 0 unspecified atom stereocenters. The molecule has 0 spiro atoms. The SMILES string of the molecule is COCN(C=O)C(=O)OC. The molecule has 0 N–H and O–H groups in total. The number of nitrogens with zero attached hydrogens (tertiary/aromatic N) is 1. The van der Waals surface area contributed by atoms with Gasteiger partial charge in [-0.05, 0) is 0 Å². The molecule has 0 aliphatic rings. The first-order valence-electron chi connectivity index (χ1n) is 2.55. The van der Waals surface area contributed by atoms with Crippen LogP contribution in [-0.2, 0) is 14.3 Å². The Morgan fingerprint density at radius 3 is 2.50 bits per heavy atom. The minimum absolute atomic E-state index is 0.0871. The van der Waals surface area contributed by atoms with Crippen LogP contribution in [0.2, 0.25) is 0 Å². The zero-order valence-corrected chi connectivity index (χ0v) is 5.86. The van der Waals surface area contributed by atoms with Crippen molar-refractivity contribution in [3.05, 3.63) is 0 Å². The number of carbonyl (C=O) groups is 2. The van der Waals surface area contributed by atoms with Crippen LogP contribution in [0.4, 0.5) is 4.79 Å². The number of rotatable bonds is 3. The molecule has 0 bridgehead atoms. The lowest BCUT2D eigenvalue weighted by atomic mass is 10.8. The van der Waals surface area contributed by atoms with E-state index in [1.807, 2.05) is 0 Å². The lowest BCUT2D eigenvalue weighted by molar-refractivity contribution is -0.120. The normalized spacial score (nSPS) is 8.60. The summed E-state index contributed by atoms with van der Waals surface area (Å²) in [5.74, 6) is 0. The smallest absolute Gasteiger partial charge is 0.417 e. The van der Waals surface area contributed by atoms with Gasteiger partial charge in [-0.25, -0.2) is 9.69 Å². The maximum atomic E-state index is 10.5. The molecule has 0 aliphatic carbocycles. The zero-order valence-electron chi connectivity index (χ0n) is 5.86. The van der Waals surface area contributed by atoms with Gasteiger partial charge in [0.05, 0.1) is 7.11 Å². The Bertz CT molecular complexity index is 125. The average Bonchev–Trinajstić information content (AvgIpc) is 1.99. The van der Waals surface area contributed by atoms with Gasteiger partial charge in [0.1, 0.15) is 6.73 Å². The second kappa shape index (κ2) is 4.75. The van der Waals surface area contributed by atoms with Crippen molar-refractivity contribution in [3.63, 3.8) is 0 Å². The van der Waals surface area contributed by atoms with E-state index in [2.05, 4.69) is 9.47 Å². The second-order valence-electron chi connectivity index (χ2n) is 1.46. The van der Waals surface area contributed by atoms with Crippen LogP contribution in [0.15, 0.2) is 0 Å². The number of carbonyl (C=O) groups excluding carboxylic acids is 2. The lowest BCUT2D eigenvalue weighted by Crippen LogP contribution is -2.31. The van der Waals surface area contributed by atoms with E-state index in [9.17, 15) is 9.59 Å². The van der Waals surface area contributed by atoms with Gasteiger partial charge < -0.3 is 9.47 Å². The highest BCUT2D eigenvalue weighted by atomic mass is 16.6. The van der Waals surface area contributed by atoms with Gasteiger partial charge in [0.25, 0.3) is 0 Å². The van der Waals surface area contributed by atoms with Crippen LogP contribution in [0.5, 0.6) is 0 Å². The molecule has 0 saturated heterocycles. The minimum atomic E-state index is -0.725. The quantitative estimate of drug-likeness (QED) is 0.410. The van der Waals surface area contributed by atoms with Gasteiger partial charge in [0.2, 0.25) is 6.41 Å². The average molecular weight is 147 g/mol. The Morgan fingerprint density at radius 2 is 2.20 bits per heavy atom. The summed E-state index contributed by atoms with van der Waals surface area (Å²) < 4.78 is 8.74. The van der Waals surface area contributed by atoms with Crippen LogP contribution in [0, 0.1) is 0 Å². The molecule has 0 aromatic heterocycles. The van der Waals surface area contributed by atoms with Crippen molar-refractivity contribution in [1.82, 2.24) is 4.90 Å². The summed E-state index contributed by atoms with van der Waals surface area (Å²) in [7, 11) is 2.56. The molecule has 0 fully saturated rings. The molecular weight excluding hydrogens is 138 g/mol. The number of methoxy groups -OCH3 is 2. The van der Waals surface area contributed by atoms with E-state index in [1.54, 1.807) is 0 Å². The molecule has 0 rings (SSSR count). The predicted octanol–water partition coefficient (Wildman–Crippen LogP) is -0.185. The molecule has 0 radical (unpaired) electrons. The largest absolute Gasteiger partial charge is 0.452 e. The van der Waals surface area contributed by atoms with Crippen molar-refractivity contribution in [2.24, 2.45) is 0 Å². The standard InChI is InChI=1S/C5H9NO4/c1-9-4-6(3-7)5(8)10-2/h3H,4H2,1-2H3. The van der Waals surface area contributed by atoms with Crippen molar-refractivity contribution in [2.45, 2.75) is 0 Å². The van der Waals surface area contributed by atoms with Crippen LogP contribution in [0.1, 0.15) is 0 Å². The third kappa shape index (κ3) is 2.45. The van der Waals surface area contributed by atoms with Crippen LogP contribution >= 0.6 is 0 Å². The Morgan fingerprint density at radius 1 is 1.60 bits per heavy atom. The maximum Gasteiger partial charge on any atom is 0.417 e. The Balaban J connectivity index is 3.80. The van der Waals surface area contributed by atoms with E-state index in [4.69, 9.17) is 0 Å². The van der Waals surface area contributed by atoms with Gasteiger partial charge in [-0.15, -0.1) is 0 Å². The first kappa shape index (κ1) is 8.90. The van der Waals surface area contributed by atoms with Crippen molar-refractivity contribution in [1.29, 1.82) is 0 Å². The van der Waals surface area contributed by atoms with Gasteiger partial charge in [-0.2, -0.15) is 0 Å². The van der Waals surface area contributed by atoms with Crippen molar-refractivity contribution >= 4 is 12.5 Å². The van der Waals surface area contributed by atoms with Crippen LogP contribution in [0.25, 0.3) is 0 Å². The molecular formula is C5H9NO4. The van der Waals surface area contributed by atoms with E-state index in [1.165, 1.54) is 14.2 Å². The summed E-state index contributed by atoms with van der Waals surface area (Å²) in [6, 6.07) is 0. The Kier molecular flexibility index (Phi) is 4.23. The van der Waals surface area contributed by atoms with Crippen LogP contribution in [0.3, 0.4) is 0 Å². The summed E-state index contributed by atoms with van der Waals surface area (Å²) in [6.07, 6.45) is -0.383. The lowest BCUT2D eigenvalue weighted by Gasteiger charge is -2.10. The molecule has 0 heterocycles. The molecule has 0 saturated carbocycles. The number of imide groups is 1. The molecule has 5 heteroatoms. The molecule has 0 aromatic carbocycles. The highest BCUT2D eigenvalue weighted by Gasteiger charge is 2.10. The fourth-order valence-electron chi connectivity index (χ4n) is 0.383. The van der Waals surface area contributed by atoms with Gasteiger partial charge in [0.15, 0.2) is 0 Å². The van der Waals surface area contributed by atoms with E-state index in [0.29, 0.717) is 6.41 Å². The first-order chi connectivity index (χ1) is 4.76. The molecule has 0 aliphatic heterocycles. The van der Waals surface area contributed by atoms with Gasteiger partial charge in [-0.3, -0.25) is 4.79 Å². The minimum Gasteiger partial charge on any atom is -0.452 e. The van der Waals surface area contributed by atoms with E-state index in [0.717, 1.165) is 4.90 Å². The summed E-state index contributed by atoms with van der Waals surface area (Å²) in [6.45, 7) is -0.0871. The van der Waals surface area contributed by atoms with Gasteiger partial charge in [0, 0.05) is 7.11 Å². The molecule has 5 nitrogen and oxygen atoms in total. The van der Waals surface area contributed by atoms with Gasteiger partial charge in [-0.1, -0.05) is 0 Å². The van der Waals surface area contributed by atoms with Crippen LogP contribution in [-0.4, -0.2) is 38.4 Å². The molecule has 2 amide bonds. The number of hydrogen-bond donors (Lipinski definition) is 0. The zero-order chi connectivity index (χ0) is 7.98. The highest BCUT2D eigenvalue weighted by molar-refractivity contribution is 5.79. The van der Waals surface area contributed by atoms with Crippen molar-refractivity contribution < 1.29 is 19.1 Å². The van der Waals surface area contributed by atoms with Crippen molar-refractivity contribution in [3.8, 4) is 0 Å². The van der Waals surface area contributed by atoms with Crippen LogP contribution < -0.4 is 0 Å². The third-order valence-electron chi connectivity index (χ3n) is 0.805. The topological polar surface area (TPSA) is 55.8 Å². The monoisotopic (exact) mass is 147 g/mol. The molecule has 0 atom stereocenters. The number of ether oxygens (including phenoxy) is 2. The summed E-state index contributed by atoms with van der Waals surface area (Å²) in [5.41, 5.74) is 0. The maximum absolute atomic E-state index is 10.5. The number of amides is 2. The predicted molar refractivity (Wildman–Crippen MR) is 32.2 cm³/mol. The highest BCUT2D eigenvalue weighted by Crippen LogP contribution is 1.87. The fraction of sp³-hybridized carbons (Fsp3) is 0.600. The second-order valence-corrected chi connectivity index (χ2v) is 1.46. The molecule has 58 valence electrons. The summed E-state index contributed by atoms with van der Waals surface area (Å²) >= 11 is 0. The summed E-state index contributed by atoms with van der Waals surface area (Å²) in [4.78, 5) is 21.3. The Labute approximate surface area is 58.5 Å². The van der Waals surface area contributed by atoms with Gasteiger partial charge >= 0.3 is 6.09 Å². The first-order valence-corrected chi connectivity index (χ1v) is 2.55. The molecule has 0 aromatic rings. The van der Waals surface area contributed by atoms with E-state index < -0.39 is 6.09 Å².